The molecule has 0 spiro atoms. The minimum atomic E-state index is -0.00287. The van der Waals surface area contributed by atoms with Crippen LogP contribution in [0.3, 0.4) is 0 Å². The third-order valence-electron chi connectivity index (χ3n) is 2.64. The van der Waals surface area contributed by atoms with Gasteiger partial charge in [-0.1, -0.05) is 0 Å². The number of hydrogen-bond acceptors (Lipinski definition) is 4. The Kier molecular flexibility index (Phi) is 7.13. The average Bonchev–Trinajstić information content (AvgIpc) is 2.87. The van der Waals surface area contributed by atoms with Crippen molar-refractivity contribution in [3.8, 4) is 0 Å². The third kappa shape index (κ3) is 6.42. The van der Waals surface area contributed by atoms with E-state index in [2.05, 4.69) is 17.6 Å². The van der Waals surface area contributed by atoms with Gasteiger partial charge in [-0.25, -0.2) is 0 Å². The zero-order valence-corrected chi connectivity index (χ0v) is 11.1. The van der Waals surface area contributed by atoms with E-state index >= 15 is 0 Å². The molecule has 1 heterocycles. The predicted molar refractivity (Wildman–Crippen MR) is 69.4 cm³/mol. The molecule has 1 amide bonds. The molecule has 0 aliphatic rings. The fourth-order valence-electron chi connectivity index (χ4n) is 1.54. The van der Waals surface area contributed by atoms with Gasteiger partial charge >= 0.3 is 0 Å². The van der Waals surface area contributed by atoms with Gasteiger partial charge in [0, 0.05) is 26.1 Å². The Balaban J connectivity index is 2.05. The Labute approximate surface area is 108 Å². The van der Waals surface area contributed by atoms with Gasteiger partial charge in [0.15, 0.2) is 0 Å². The maximum Gasteiger partial charge on any atom is 0.234 e. The molecule has 0 aliphatic carbocycles. The lowest BCUT2D eigenvalue weighted by Gasteiger charge is -2.12. The van der Waals surface area contributed by atoms with E-state index in [9.17, 15) is 4.79 Å². The number of hydrogen-bond donors (Lipinski definition) is 2. The number of methoxy groups -OCH3 is 1. The topological polar surface area (TPSA) is 63.5 Å². The van der Waals surface area contributed by atoms with Crippen molar-refractivity contribution in [2.45, 2.75) is 25.8 Å². The van der Waals surface area contributed by atoms with Gasteiger partial charge in [0.1, 0.15) is 5.76 Å². The maximum atomic E-state index is 11.4. The highest BCUT2D eigenvalue weighted by molar-refractivity contribution is 5.77. The number of carbonyl (C=O) groups is 1. The quantitative estimate of drug-likeness (QED) is 0.644. The van der Waals surface area contributed by atoms with Crippen LogP contribution in [-0.2, 0) is 16.0 Å². The van der Waals surface area contributed by atoms with Crippen molar-refractivity contribution in [3.05, 3.63) is 24.2 Å². The van der Waals surface area contributed by atoms with Crippen LogP contribution in [0.15, 0.2) is 22.8 Å². The molecule has 0 aromatic carbocycles. The van der Waals surface area contributed by atoms with Crippen LogP contribution in [-0.4, -0.2) is 38.8 Å². The van der Waals surface area contributed by atoms with E-state index < -0.39 is 0 Å². The Morgan fingerprint density at radius 1 is 1.56 bits per heavy atom. The second-order valence-corrected chi connectivity index (χ2v) is 4.24. The molecule has 0 fully saturated rings. The molecule has 1 atom stereocenters. The SMILES string of the molecule is COCCNC(=O)CNC(C)CCc1ccco1. The maximum absolute atomic E-state index is 11.4. The zero-order valence-electron chi connectivity index (χ0n) is 11.1. The molecule has 0 bridgehead atoms. The summed E-state index contributed by atoms with van der Waals surface area (Å²) in [5, 5.41) is 5.94. The zero-order chi connectivity index (χ0) is 13.2. The molecule has 5 nitrogen and oxygen atoms in total. The summed E-state index contributed by atoms with van der Waals surface area (Å²) in [6.07, 6.45) is 3.50. The summed E-state index contributed by atoms with van der Waals surface area (Å²) in [4.78, 5) is 11.4. The molecular weight excluding hydrogens is 232 g/mol. The average molecular weight is 254 g/mol. The lowest BCUT2D eigenvalue weighted by Crippen LogP contribution is -2.39. The van der Waals surface area contributed by atoms with Crippen LogP contribution in [0.1, 0.15) is 19.1 Å². The van der Waals surface area contributed by atoms with Gasteiger partial charge in [0.25, 0.3) is 0 Å². The second kappa shape index (κ2) is 8.72. The fraction of sp³-hybridized carbons (Fsp3) is 0.615. The summed E-state index contributed by atoms with van der Waals surface area (Å²) >= 11 is 0. The number of furan rings is 1. The van der Waals surface area contributed by atoms with E-state index in [1.165, 1.54) is 0 Å². The van der Waals surface area contributed by atoms with Crippen LogP contribution in [0.2, 0.25) is 0 Å². The standard InChI is InChI=1S/C13H22N2O3/c1-11(5-6-12-4-3-8-18-12)15-10-13(16)14-7-9-17-2/h3-4,8,11,15H,5-7,9-10H2,1-2H3,(H,14,16). The molecular formula is C13H22N2O3. The number of nitrogens with one attached hydrogen (secondary N) is 2. The minimum Gasteiger partial charge on any atom is -0.469 e. The highest BCUT2D eigenvalue weighted by Gasteiger charge is 2.06. The van der Waals surface area contributed by atoms with Crippen molar-refractivity contribution in [1.82, 2.24) is 10.6 Å². The first-order chi connectivity index (χ1) is 8.72. The molecule has 1 unspecified atom stereocenters. The third-order valence-corrected chi connectivity index (χ3v) is 2.64. The number of ether oxygens (including phenoxy) is 1. The fourth-order valence-corrected chi connectivity index (χ4v) is 1.54. The van der Waals surface area contributed by atoms with Gasteiger partial charge in [-0.05, 0) is 25.5 Å². The largest absolute Gasteiger partial charge is 0.469 e. The normalized spacial score (nSPS) is 12.3. The molecule has 1 rings (SSSR count). The molecule has 0 aliphatic heterocycles. The van der Waals surface area contributed by atoms with E-state index in [0.29, 0.717) is 19.7 Å². The lowest BCUT2D eigenvalue weighted by molar-refractivity contribution is -0.120. The Morgan fingerprint density at radius 2 is 2.39 bits per heavy atom. The summed E-state index contributed by atoms with van der Waals surface area (Å²) in [6.45, 7) is 3.49. The van der Waals surface area contributed by atoms with Gasteiger partial charge in [-0.3, -0.25) is 4.79 Å². The molecule has 0 saturated carbocycles. The number of aryl methyl sites for hydroxylation is 1. The van der Waals surface area contributed by atoms with E-state index in [4.69, 9.17) is 9.15 Å². The molecule has 0 radical (unpaired) electrons. The summed E-state index contributed by atoms with van der Waals surface area (Å²) in [6, 6.07) is 4.13. The van der Waals surface area contributed by atoms with Gasteiger partial charge < -0.3 is 19.8 Å². The van der Waals surface area contributed by atoms with E-state index in [1.54, 1.807) is 13.4 Å². The molecule has 0 saturated heterocycles. The van der Waals surface area contributed by atoms with Crippen molar-refractivity contribution in [1.29, 1.82) is 0 Å². The van der Waals surface area contributed by atoms with Crippen molar-refractivity contribution in [2.75, 3.05) is 26.8 Å². The first-order valence-corrected chi connectivity index (χ1v) is 6.23. The summed E-state index contributed by atoms with van der Waals surface area (Å²) < 4.78 is 10.1. The van der Waals surface area contributed by atoms with Crippen LogP contribution in [0, 0.1) is 0 Å². The van der Waals surface area contributed by atoms with Gasteiger partial charge in [0.2, 0.25) is 5.91 Å². The number of rotatable bonds is 9. The van der Waals surface area contributed by atoms with Crippen molar-refractivity contribution in [3.63, 3.8) is 0 Å². The van der Waals surface area contributed by atoms with Crippen LogP contribution in [0.5, 0.6) is 0 Å². The first kappa shape index (κ1) is 14.7. The second-order valence-electron chi connectivity index (χ2n) is 4.24. The Bertz CT molecular complexity index is 325. The molecule has 5 heteroatoms. The highest BCUT2D eigenvalue weighted by atomic mass is 16.5. The molecule has 18 heavy (non-hydrogen) atoms. The summed E-state index contributed by atoms with van der Waals surface area (Å²) in [5.74, 6) is 0.977. The van der Waals surface area contributed by atoms with Gasteiger partial charge in [-0.15, -0.1) is 0 Å². The number of carbonyl (C=O) groups excluding carboxylic acids is 1. The predicted octanol–water partition coefficient (Wildman–Crippen LogP) is 0.953. The monoisotopic (exact) mass is 254 g/mol. The van der Waals surface area contributed by atoms with Crippen molar-refractivity contribution < 1.29 is 13.9 Å². The van der Waals surface area contributed by atoms with E-state index in [0.717, 1.165) is 18.6 Å². The van der Waals surface area contributed by atoms with Crippen LogP contribution >= 0.6 is 0 Å². The Hall–Kier alpha value is -1.33. The van der Waals surface area contributed by atoms with Crippen molar-refractivity contribution >= 4 is 5.91 Å². The highest BCUT2D eigenvalue weighted by Crippen LogP contribution is 2.05. The van der Waals surface area contributed by atoms with E-state index in [-0.39, 0.29) is 11.9 Å². The van der Waals surface area contributed by atoms with Gasteiger partial charge in [0.05, 0.1) is 19.4 Å². The summed E-state index contributed by atoms with van der Waals surface area (Å²) in [5.41, 5.74) is 0. The number of amides is 1. The van der Waals surface area contributed by atoms with E-state index in [1.807, 2.05) is 12.1 Å². The van der Waals surface area contributed by atoms with Gasteiger partial charge in [-0.2, -0.15) is 0 Å². The van der Waals surface area contributed by atoms with Crippen LogP contribution < -0.4 is 10.6 Å². The Morgan fingerprint density at radius 3 is 3.06 bits per heavy atom. The van der Waals surface area contributed by atoms with Crippen LogP contribution in [0.4, 0.5) is 0 Å². The molecule has 1 aromatic heterocycles. The molecule has 1 aromatic rings. The summed E-state index contributed by atoms with van der Waals surface area (Å²) in [7, 11) is 1.61. The van der Waals surface area contributed by atoms with Crippen molar-refractivity contribution in [2.24, 2.45) is 0 Å². The molecule has 2 N–H and O–H groups in total. The minimum absolute atomic E-state index is 0.00287. The smallest absolute Gasteiger partial charge is 0.234 e. The lowest BCUT2D eigenvalue weighted by atomic mass is 10.1. The first-order valence-electron chi connectivity index (χ1n) is 6.23. The molecule has 102 valence electrons. The van der Waals surface area contributed by atoms with Crippen LogP contribution in [0.25, 0.3) is 0 Å².